The number of hydrogen-bond acceptors (Lipinski definition) is 5. The third-order valence-electron chi connectivity index (χ3n) is 5.81. The molecule has 3 saturated heterocycles. The van der Waals surface area contributed by atoms with Gasteiger partial charge in [0.2, 0.25) is 5.91 Å². The minimum atomic E-state index is 0. The highest BCUT2D eigenvalue weighted by Crippen LogP contribution is 2.33. The second-order valence-corrected chi connectivity index (χ2v) is 7.59. The van der Waals surface area contributed by atoms with Crippen LogP contribution in [-0.4, -0.2) is 52.2 Å². The van der Waals surface area contributed by atoms with Crippen molar-refractivity contribution in [3.8, 4) is 0 Å². The zero-order chi connectivity index (χ0) is 16.4. The van der Waals surface area contributed by atoms with Crippen molar-refractivity contribution in [1.29, 1.82) is 0 Å². The Labute approximate surface area is 167 Å². The fourth-order valence-electron chi connectivity index (χ4n) is 4.58. The number of carbonyl (C=O) groups excluding carboxylic acids is 1. The number of likely N-dealkylation sites (tertiary alicyclic amines) is 1. The standard InChI is InChI=1S/C18H27N5O.2ClH/c24-18(12-13-10-15-3-4-16(11-13)20-15)23-8-5-14(6-9-23)21-17-2-1-7-19-22-17;;/h1-2,7,13-16,20H,3-6,8-12H2,(H,21,22);2*1H. The molecule has 3 fully saturated rings. The number of nitrogens with one attached hydrogen (secondary N) is 2. The van der Waals surface area contributed by atoms with Gasteiger partial charge in [-0.05, 0) is 56.6 Å². The maximum atomic E-state index is 12.6. The molecule has 8 heteroatoms. The zero-order valence-electron chi connectivity index (χ0n) is 15.0. The smallest absolute Gasteiger partial charge is 0.222 e. The minimum Gasteiger partial charge on any atom is -0.366 e. The number of fused-ring (bicyclic) bond motifs is 2. The molecule has 0 saturated carbocycles. The highest BCUT2D eigenvalue weighted by atomic mass is 35.5. The summed E-state index contributed by atoms with van der Waals surface area (Å²) in [5.41, 5.74) is 0. The average molecular weight is 402 g/mol. The molecular weight excluding hydrogens is 373 g/mol. The highest BCUT2D eigenvalue weighted by Gasteiger charge is 2.35. The van der Waals surface area contributed by atoms with Gasteiger partial charge in [-0.2, -0.15) is 5.10 Å². The number of hydrogen-bond donors (Lipinski definition) is 2. The number of carbonyl (C=O) groups is 1. The van der Waals surface area contributed by atoms with Crippen LogP contribution in [0.5, 0.6) is 0 Å². The molecule has 4 heterocycles. The van der Waals surface area contributed by atoms with E-state index >= 15 is 0 Å². The molecule has 1 aromatic heterocycles. The van der Waals surface area contributed by atoms with Crippen LogP contribution in [-0.2, 0) is 4.79 Å². The Kier molecular flexibility index (Phi) is 7.92. The number of piperidine rings is 2. The summed E-state index contributed by atoms with van der Waals surface area (Å²) < 4.78 is 0. The molecule has 6 nitrogen and oxygen atoms in total. The second kappa shape index (κ2) is 9.72. The number of aromatic nitrogens is 2. The van der Waals surface area contributed by atoms with Crippen molar-refractivity contribution in [1.82, 2.24) is 20.4 Å². The van der Waals surface area contributed by atoms with E-state index in [2.05, 4.69) is 25.7 Å². The lowest BCUT2D eigenvalue weighted by atomic mass is 9.89. The maximum absolute atomic E-state index is 12.6. The van der Waals surface area contributed by atoms with Crippen molar-refractivity contribution in [2.45, 2.75) is 63.1 Å². The molecule has 3 aliphatic heterocycles. The average Bonchev–Trinajstić information content (AvgIpc) is 2.95. The van der Waals surface area contributed by atoms with Gasteiger partial charge in [-0.15, -0.1) is 29.9 Å². The lowest BCUT2D eigenvalue weighted by molar-refractivity contribution is -0.133. The Hall–Kier alpha value is -1.11. The number of rotatable bonds is 4. The van der Waals surface area contributed by atoms with Crippen LogP contribution in [0.3, 0.4) is 0 Å². The predicted molar refractivity (Wildman–Crippen MR) is 107 cm³/mol. The van der Waals surface area contributed by atoms with Crippen LogP contribution in [0.1, 0.15) is 44.9 Å². The SMILES string of the molecule is Cl.Cl.O=C(CC1CC2CCC(C1)N2)N1CCC(Nc2cccnn2)CC1. The molecule has 26 heavy (non-hydrogen) atoms. The first-order valence-electron chi connectivity index (χ1n) is 9.34. The Balaban J connectivity index is 0.00000121. The summed E-state index contributed by atoms with van der Waals surface area (Å²) in [6, 6.07) is 5.56. The van der Waals surface area contributed by atoms with E-state index in [1.54, 1.807) is 6.20 Å². The van der Waals surface area contributed by atoms with Gasteiger partial charge in [0.15, 0.2) is 0 Å². The van der Waals surface area contributed by atoms with Gasteiger partial charge in [-0.1, -0.05) is 0 Å². The van der Waals surface area contributed by atoms with E-state index in [4.69, 9.17) is 0 Å². The van der Waals surface area contributed by atoms with Gasteiger partial charge in [0.1, 0.15) is 5.82 Å². The topological polar surface area (TPSA) is 70.2 Å². The molecule has 2 bridgehead atoms. The van der Waals surface area contributed by atoms with E-state index in [0.717, 1.165) is 38.2 Å². The van der Waals surface area contributed by atoms with Crippen LogP contribution in [0.15, 0.2) is 18.3 Å². The number of amides is 1. The third-order valence-corrected chi connectivity index (χ3v) is 5.81. The molecule has 146 valence electrons. The van der Waals surface area contributed by atoms with Crippen molar-refractivity contribution in [2.75, 3.05) is 18.4 Å². The molecule has 4 rings (SSSR count). The second-order valence-electron chi connectivity index (χ2n) is 7.59. The fourth-order valence-corrected chi connectivity index (χ4v) is 4.58. The minimum absolute atomic E-state index is 0. The maximum Gasteiger partial charge on any atom is 0.222 e. The molecule has 3 aliphatic rings. The van der Waals surface area contributed by atoms with Gasteiger partial charge >= 0.3 is 0 Å². The van der Waals surface area contributed by atoms with Crippen molar-refractivity contribution >= 4 is 36.5 Å². The summed E-state index contributed by atoms with van der Waals surface area (Å²) in [5.74, 6) is 1.78. The van der Waals surface area contributed by atoms with Crippen LogP contribution >= 0.6 is 24.8 Å². The molecule has 2 N–H and O–H groups in total. The van der Waals surface area contributed by atoms with Crippen molar-refractivity contribution in [2.24, 2.45) is 5.92 Å². The lowest BCUT2D eigenvalue weighted by Crippen LogP contribution is -2.44. The zero-order valence-corrected chi connectivity index (χ0v) is 16.6. The molecule has 0 aliphatic carbocycles. The van der Waals surface area contributed by atoms with E-state index < -0.39 is 0 Å². The van der Waals surface area contributed by atoms with Crippen LogP contribution in [0.2, 0.25) is 0 Å². The number of anilines is 1. The van der Waals surface area contributed by atoms with Gasteiger partial charge in [0, 0.05) is 43.8 Å². The van der Waals surface area contributed by atoms with E-state index in [1.807, 2.05) is 12.1 Å². The first-order chi connectivity index (χ1) is 11.8. The first kappa shape index (κ1) is 21.2. The monoisotopic (exact) mass is 401 g/mol. The molecule has 0 aromatic carbocycles. The predicted octanol–water partition coefficient (Wildman–Crippen LogP) is 2.64. The third kappa shape index (κ3) is 5.21. The molecule has 1 amide bonds. The summed E-state index contributed by atoms with van der Waals surface area (Å²) in [7, 11) is 0. The summed E-state index contributed by atoms with van der Waals surface area (Å²) in [6.07, 6.45) is 9.37. The van der Waals surface area contributed by atoms with Crippen molar-refractivity contribution in [3.63, 3.8) is 0 Å². The quantitative estimate of drug-likeness (QED) is 0.811. The van der Waals surface area contributed by atoms with Gasteiger partial charge in [0.05, 0.1) is 0 Å². The fraction of sp³-hybridized carbons (Fsp3) is 0.722. The first-order valence-corrected chi connectivity index (χ1v) is 9.34. The Morgan fingerprint density at radius 2 is 1.85 bits per heavy atom. The summed E-state index contributed by atoms with van der Waals surface area (Å²) in [6.45, 7) is 1.71. The normalized spacial score (nSPS) is 28.0. The van der Waals surface area contributed by atoms with Crippen LogP contribution in [0.25, 0.3) is 0 Å². The van der Waals surface area contributed by atoms with Gasteiger partial charge < -0.3 is 15.5 Å². The van der Waals surface area contributed by atoms with E-state index in [1.165, 1.54) is 25.7 Å². The van der Waals surface area contributed by atoms with Crippen LogP contribution < -0.4 is 10.6 Å². The summed E-state index contributed by atoms with van der Waals surface area (Å²) in [5, 5.41) is 15.0. The Morgan fingerprint density at radius 3 is 2.46 bits per heavy atom. The molecule has 0 radical (unpaired) electrons. The van der Waals surface area contributed by atoms with Gasteiger partial charge in [0.25, 0.3) is 0 Å². The molecular formula is C18H29Cl2N5O. The Bertz CT molecular complexity index is 556. The highest BCUT2D eigenvalue weighted by molar-refractivity contribution is 5.85. The van der Waals surface area contributed by atoms with E-state index in [9.17, 15) is 4.79 Å². The largest absolute Gasteiger partial charge is 0.366 e. The van der Waals surface area contributed by atoms with E-state index in [-0.39, 0.29) is 24.8 Å². The van der Waals surface area contributed by atoms with Gasteiger partial charge in [-0.3, -0.25) is 4.79 Å². The van der Waals surface area contributed by atoms with Crippen LogP contribution in [0.4, 0.5) is 5.82 Å². The summed E-state index contributed by atoms with van der Waals surface area (Å²) >= 11 is 0. The Morgan fingerprint density at radius 1 is 1.15 bits per heavy atom. The number of nitrogens with zero attached hydrogens (tertiary/aromatic N) is 3. The summed E-state index contributed by atoms with van der Waals surface area (Å²) in [4.78, 5) is 14.7. The van der Waals surface area contributed by atoms with Gasteiger partial charge in [-0.25, -0.2) is 0 Å². The molecule has 2 atom stereocenters. The van der Waals surface area contributed by atoms with Crippen molar-refractivity contribution in [3.05, 3.63) is 18.3 Å². The molecule has 0 spiro atoms. The van der Waals surface area contributed by atoms with E-state index in [0.29, 0.717) is 30.0 Å². The lowest BCUT2D eigenvalue weighted by Gasteiger charge is -2.35. The van der Waals surface area contributed by atoms with Crippen LogP contribution in [0, 0.1) is 5.92 Å². The van der Waals surface area contributed by atoms with Crippen molar-refractivity contribution < 1.29 is 4.79 Å². The molecule has 2 unspecified atom stereocenters. The molecule has 1 aromatic rings. The number of halogens is 2.